The molecule has 1 aliphatic heterocycles. The third-order valence-electron chi connectivity index (χ3n) is 2.21. The molecule has 0 aromatic carbocycles. The van der Waals surface area contributed by atoms with Crippen LogP contribution in [0.2, 0.25) is 0 Å². The second-order valence-electron chi connectivity index (χ2n) is 3.85. The van der Waals surface area contributed by atoms with Gasteiger partial charge in [-0.25, -0.2) is 17.2 Å². The van der Waals surface area contributed by atoms with Crippen molar-refractivity contribution in [3.05, 3.63) is 0 Å². The van der Waals surface area contributed by atoms with E-state index in [1.54, 1.807) is 0 Å². The van der Waals surface area contributed by atoms with Crippen LogP contribution in [0.15, 0.2) is 0 Å². The summed E-state index contributed by atoms with van der Waals surface area (Å²) in [6, 6.07) is 0. The molecule has 0 aliphatic carbocycles. The van der Waals surface area contributed by atoms with E-state index in [1.165, 1.54) is 0 Å². The lowest BCUT2D eigenvalue weighted by Crippen LogP contribution is -2.42. The quantitative estimate of drug-likeness (QED) is 0.776. The van der Waals surface area contributed by atoms with Crippen LogP contribution in [0.3, 0.4) is 0 Å². The van der Waals surface area contributed by atoms with E-state index in [0.717, 1.165) is 13.0 Å². The van der Waals surface area contributed by atoms with Gasteiger partial charge < -0.3 is 5.32 Å². The number of piperidine rings is 1. The van der Waals surface area contributed by atoms with Crippen LogP contribution >= 0.6 is 0 Å². The molecule has 0 spiro atoms. The summed E-state index contributed by atoms with van der Waals surface area (Å²) >= 11 is 0. The maximum Gasteiger partial charge on any atom is 0.259 e. The molecule has 1 rings (SSSR count). The summed E-state index contributed by atoms with van der Waals surface area (Å²) in [7, 11) is -3.65. The SMILES string of the molecule is CC(F)(F)CS(=O)(=O)C1CCCNC1. The summed E-state index contributed by atoms with van der Waals surface area (Å²) < 4.78 is 48.1. The summed E-state index contributed by atoms with van der Waals surface area (Å²) in [4.78, 5) is 0. The van der Waals surface area contributed by atoms with Gasteiger partial charge in [-0.05, 0) is 19.4 Å². The van der Waals surface area contributed by atoms with Gasteiger partial charge in [-0.3, -0.25) is 0 Å². The highest BCUT2D eigenvalue weighted by molar-refractivity contribution is 7.92. The minimum absolute atomic E-state index is 0.304. The molecule has 1 unspecified atom stereocenters. The Hall–Kier alpha value is -0.230. The van der Waals surface area contributed by atoms with Gasteiger partial charge in [0.2, 0.25) is 0 Å². The number of sulfone groups is 1. The fourth-order valence-corrected chi connectivity index (χ4v) is 3.44. The van der Waals surface area contributed by atoms with Gasteiger partial charge in [0, 0.05) is 13.5 Å². The molecule has 0 radical (unpaired) electrons. The first kappa shape index (κ1) is 11.8. The number of hydrogen-bond donors (Lipinski definition) is 1. The number of halogens is 2. The van der Waals surface area contributed by atoms with Crippen LogP contribution in [-0.4, -0.2) is 38.4 Å². The van der Waals surface area contributed by atoms with Gasteiger partial charge in [-0.15, -0.1) is 0 Å². The molecule has 1 saturated heterocycles. The summed E-state index contributed by atoms with van der Waals surface area (Å²) in [6.45, 7) is 1.72. The van der Waals surface area contributed by atoms with Gasteiger partial charge in [0.05, 0.1) is 5.25 Å². The monoisotopic (exact) mass is 227 g/mol. The lowest BCUT2D eigenvalue weighted by atomic mass is 10.2. The first-order valence-electron chi connectivity index (χ1n) is 4.61. The summed E-state index contributed by atoms with van der Waals surface area (Å²) in [5.41, 5.74) is 0. The van der Waals surface area contributed by atoms with E-state index < -0.39 is 26.8 Å². The molecule has 3 nitrogen and oxygen atoms in total. The van der Waals surface area contributed by atoms with Crippen LogP contribution in [-0.2, 0) is 9.84 Å². The fourth-order valence-electron chi connectivity index (χ4n) is 1.60. The van der Waals surface area contributed by atoms with Crippen molar-refractivity contribution in [1.82, 2.24) is 5.32 Å². The molecule has 1 heterocycles. The standard InChI is InChI=1S/C8H15F2NO2S/c1-8(9,10)6-14(12,13)7-3-2-4-11-5-7/h7,11H,2-6H2,1H3. The topological polar surface area (TPSA) is 46.2 Å². The van der Waals surface area contributed by atoms with Crippen LogP contribution in [0.25, 0.3) is 0 Å². The molecule has 1 aliphatic rings. The van der Waals surface area contributed by atoms with Gasteiger partial charge in [0.1, 0.15) is 5.75 Å². The third-order valence-corrected chi connectivity index (χ3v) is 4.54. The Morgan fingerprint density at radius 2 is 2.14 bits per heavy atom. The zero-order valence-corrected chi connectivity index (χ0v) is 8.91. The molecule has 0 amide bonds. The third kappa shape index (κ3) is 3.49. The Labute approximate surface area is 82.8 Å². The zero-order valence-electron chi connectivity index (χ0n) is 8.09. The van der Waals surface area contributed by atoms with Crippen LogP contribution in [0.4, 0.5) is 8.78 Å². The van der Waals surface area contributed by atoms with E-state index in [1.807, 2.05) is 0 Å². The van der Waals surface area contributed by atoms with E-state index in [2.05, 4.69) is 5.32 Å². The summed E-state index contributed by atoms with van der Waals surface area (Å²) in [5, 5.41) is 2.27. The largest absolute Gasteiger partial charge is 0.315 e. The molecule has 6 heteroatoms. The second kappa shape index (κ2) is 4.10. The Morgan fingerprint density at radius 1 is 1.50 bits per heavy atom. The molecular weight excluding hydrogens is 212 g/mol. The van der Waals surface area contributed by atoms with E-state index in [4.69, 9.17) is 0 Å². The molecule has 1 N–H and O–H groups in total. The van der Waals surface area contributed by atoms with Crippen molar-refractivity contribution in [3.63, 3.8) is 0 Å². The first-order valence-corrected chi connectivity index (χ1v) is 6.33. The normalized spacial score (nSPS) is 24.9. The Morgan fingerprint density at radius 3 is 2.57 bits per heavy atom. The van der Waals surface area contributed by atoms with E-state index in [9.17, 15) is 17.2 Å². The highest BCUT2D eigenvalue weighted by Gasteiger charge is 2.35. The van der Waals surface area contributed by atoms with Crippen molar-refractivity contribution in [2.24, 2.45) is 0 Å². The molecule has 1 atom stereocenters. The predicted octanol–water partition coefficient (Wildman–Crippen LogP) is 0.808. The molecule has 0 bridgehead atoms. The molecule has 14 heavy (non-hydrogen) atoms. The lowest BCUT2D eigenvalue weighted by molar-refractivity contribution is 0.0471. The number of alkyl halides is 2. The van der Waals surface area contributed by atoms with E-state index in [-0.39, 0.29) is 0 Å². The molecule has 1 fully saturated rings. The van der Waals surface area contributed by atoms with Crippen LogP contribution in [0.1, 0.15) is 19.8 Å². The van der Waals surface area contributed by atoms with Crippen LogP contribution in [0.5, 0.6) is 0 Å². The minimum atomic E-state index is -3.65. The summed E-state index contributed by atoms with van der Waals surface area (Å²) in [5.74, 6) is -4.16. The molecule has 0 saturated carbocycles. The highest BCUT2D eigenvalue weighted by Crippen LogP contribution is 2.20. The lowest BCUT2D eigenvalue weighted by Gasteiger charge is -2.24. The highest BCUT2D eigenvalue weighted by atomic mass is 32.2. The average Bonchev–Trinajstić information content (AvgIpc) is 2.01. The van der Waals surface area contributed by atoms with Gasteiger partial charge in [-0.2, -0.15) is 0 Å². The number of nitrogens with one attached hydrogen (secondary N) is 1. The van der Waals surface area contributed by atoms with Gasteiger partial charge >= 0.3 is 0 Å². The Bertz CT molecular complexity index is 278. The molecular formula is C8H15F2NO2S. The zero-order chi connectivity index (χ0) is 10.8. The maximum atomic E-state index is 12.6. The Kier molecular flexibility index (Phi) is 3.47. The average molecular weight is 227 g/mol. The van der Waals surface area contributed by atoms with Crippen molar-refractivity contribution in [2.75, 3.05) is 18.8 Å². The minimum Gasteiger partial charge on any atom is -0.315 e. The van der Waals surface area contributed by atoms with Crippen LogP contribution < -0.4 is 5.32 Å². The van der Waals surface area contributed by atoms with Gasteiger partial charge in [-0.1, -0.05) is 0 Å². The fraction of sp³-hybridized carbons (Fsp3) is 1.00. The Balaban J connectivity index is 2.64. The van der Waals surface area contributed by atoms with E-state index >= 15 is 0 Å². The number of hydrogen-bond acceptors (Lipinski definition) is 3. The van der Waals surface area contributed by atoms with E-state index in [0.29, 0.717) is 19.9 Å². The smallest absolute Gasteiger partial charge is 0.259 e. The predicted molar refractivity (Wildman–Crippen MR) is 50.3 cm³/mol. The first-order chi connectivity index (χ1) is 6.31. The second-order valence-corrected chi connectivity index (χ2v) is 6.13. The van der Waals surface area contributed by atoms with Crippen molar-refractivity contribution in [3.8, 4) is 0 Å². The van der Waals surface area contributed by atoms with Gasteiger partial charge in [0.25, 0.3) is 5.92 Å². The van der Waals surface area contributed by atoms with Crippen molar-refractivity contribution >= 4 is 9.84 Å². The van der Waals surface area contributed by atoms with Gasteiger partial charge in [0.15, 0.2) is 9.84 Å². The van der Waals surface area contributed by atoms with Crippen molar-refractivity contribution < 1.29 is 17.2 Å². The molecule has 0 aromatic heterocycles. The van der Waals surface area contributed by atoms with Crippen LogP contribution in [0, 0.1) is 0 Å². The molecule has 84 valence electrons. The maximum absolute atomic E-state index is 12.6. The molecule has 0 aromatic rings. The number of rotatable bonds is 3. The van der Waals surface area contributed by atoms with Crippen molar-refractivity contribution in [1.29, 1.82) is 0 Å². The summed E-state index contributed by atoms with van der Waals surface area (Å²) in [6.07, 6.45) is 1.23. The van der Waals surface area contributed by atoms with Crippen molar-refractivity contribution in [2.45, 2.75) is 30.9 Å².